The van der Waals surface area contributed by atoms with Gasteiger partial charge in [-0.05, 0) is 29.8 Å². The molecule has 11 heteroatoms. The Morgan fingerprint density at radius 3 is 2.72 bits per heavy atom. The fraction of sp³-hybridized carbons (Fsp3) is 0.190. The van der Waals surface area contributed by atoms with Gasteiger partial charge in [0.15, 0.2) is 16.6 Å². The zero-order chi connectivity index (χ0) is 22.7. The number of alkyl halides is 3. The Morgan fingerprint density at radius 1 is 1.09 bits per heavy atom. The Morgan fingerprint density at radius 2 is 1.91 bits per heavy atom. The van der Waals surface area contributed by atoms with E-state index in [0.717, 1.165) is 23.5 Å². The predicted molar refractivity (Wildman–Crippen MR) is 110 cm³/mol. The summed E-state index contributed by atoms with van der Waals surface area (Å²) in [6, 6.07) is 9.74. The van der Waals surface area contributed by atoms with Crippen LogP contribution in [0.1, 0.15) is 26.4 Å². The van der Waals surface area contributed by atoms with Crippen LogP contribution in [-0.2, 0) is 17.4 Å². The molecule has 32 heavy (non-hydrogen) atoms. The molecule has 2 N–H and O–H groups in total. The first-order valence-corrected chi connectivity index (χ1v) is 10.2. The SMILES string of the molecule is O=C(CNC(=O)c1ccc2c(c1)OCO2)Nc1ncc(Cc2cccc(C(F)(F)F)c2)s1. The molecule has 2 heterocycles. The molecular formula is C21H16F3N3O4S. The molecule has 0 bridgehead atoms. The third-order valence-corrected chi connectivity index (χ3v) is 5.39. The smallest absolute Gasteiger partial charge is 0.416 e. The van der Waals surface area contributed by atoms with E-state index in [9.17, 15) is 22.8 Å². The number of fused-ring (bicyclic) bond motifs is 1. The first-order chi connectivity index (χ1) is 15.3. The molecule has 0 fully saturated rings. The highest BCUT2D eigenvalue weighted by molar-refractivity contribution is 7.15. The van der Waals surface area contributed by atoms with Crippen molar-refractivity contribution < 1.29 is 32.2 Å². The van der Waals surface area contributed by atoms with Crippen molar-refractivity contribution in [1.29, 1.82) is 0 Å². The average Bonchev–Trinajstić information content (AvgIpc) is 3.40. The zero-order valence-corrected chi connectivity index (χ0v) is 17.2. The van der Waals surface area contributed by atoms with E-state index >= 15 is 0 Å². The van der Waals surface area contributed by atoms with Gasteiger partial charge >= 0.3 is 6.18 Å². The molecule has 0 saturated heterocycles. The normalized spacial score (nSPS) is 12.5. The molecule has 7 nitrogen and oxygen atoms in total. The Hall–Kier alpha value is -3.60. The zero-order valence-electron chi connectivity index (χ0n) is 16.4. The molecule has 166 valence electrons. The van der Waals surface area contributed by atoms with E-state index in [1.807, 2.05) is 0 Å². The fourth-order valence-electron chi connectivity index (χ4n) is 2.97. The minimum Gasteiger partial charge on any atom is -0.454 e. The Labute approximate surface area is 184 Å². The van der Waals surface area contributed by atoms with Crippen LogP contribution in [0.4, 0.5) is 18.3 Å². The van der Waals surface area contributed by atoms with Crippen molar-refractivity contribution in [1.82, 2.24) is 10.3 Å². The van der Waals surface area contributed by atoms with E-state index in [-0.39, 0.29) is 24.9 Å². The Bertz CT molecular complexity index is 1160. The molecular weight excluding hydrogens is 447 g/mol. The second kappa shape index (κ2) is 8.87. The summed E-state index contributed by atoms with van der Waals surface area (Å²) in [4.78, 5) is 29.1. The second-order valence-corrected chi connectivity index (χ2v) is 7.92. The van der Waals surface area contributed by atoms with Crippen molar-refractivity contribution >= 4 is 28.3 Å². The van der Waals surface area contributed by atoms with Crippen molar-refractivity contribution in [2.24, 2.45) is 0 Å². The van der Waals surface area contributed by atoms with Crippen molar-refractivity contribution in [2.45, 2.75) is 12.6 Å². The molecule has 0 saturated carbocycles. The van der Waals surface area contributed by atoms with Gasteiger partial charge in [-0.25, -0.2) is 4.98 Å². The van der Waals surface area contributed by atoms with Gasteiger partial charge in [0.25, 0.3) is 5.91 Å². The van der Waals surface area contributed by atoms with E-state index in [4.69, 9.17) is 9.47 Å². The third kappa shape index (κ3) is 5.17. The summed E-state index contributed by atoms with van der Waals surface area (Å²) in [5.41, 5.74) is 0.0863. The van der Waals surface area contributed by atoms with Gasteiger partial charge in [0.05, 0.1) is 12.1 Å². The van der Waals surface area contributed by atoms with Gasteiger partial charge in [-0.2, -0.15) is 13.2 Å². The topological polar surface area (TPSA) is 89.6 Å². The quantitative estimate of drug-likeness (QED) is 0.580. The first kappa shape index (κ1) is 21.6. The molecule has 1 aliphatic heterocycles. The lowest BCUT2D eigenvalue weighted by Gasteiger charge is -2.08. The van der Waals surface area contributed by atoms with Crippen LogP contribution in [0, 0.1) is 0 Å². The molecule has 2 amide bonds. The number of halogens is 3. The molecule has 1 aliphatic rings. The van der Waals surface area contributed by atoms with Crippen LogP contribution < -0.4 is 20.1 Å². The summed E-state index contributed by atoms with van der Waals surface area (Å²) in [6.07, 6.45) is -2.67. The minimum absolute atomic E-state index is 0.0897. The third-order valence-electron chi connectivity index (χ3n) is 4.48. The van der Waals surface area contributed by atoms with Crippen molar-refractivity contribution in [3.05, 3.63) is 70.2 Å². The van der Waals surface area contributed by atoms with Gasteiger partial charge in [-0.1, -0.05) is 18.2 Å². The number of hydrogen-bond acceptors (Lipinski definition) is 6. The van der Waals surface area contributed by atoms with Gasteiger partial charge in [0, 0.05) is 23.1 Å². The second-order valence-electron chi connectivity index (χ2n) is 6.81. The molecule has 0 atom stereocenters. The lowest BCUT2D eigenvalue weighted by atomic mass is 10.1. The highest BCUT2D eigenvalue weighted by Gasteiger charge is 2.30. The molecule has 2 aromatic carbocycles. The number of rotatable bonds is 6. The van der Waals surface area contributed by atoms with Gasteiger partial charge in [0.2, 0.25) is 12.7 Å². The number of carbonyl (C=O) groups is 2. The number of nitrogens with zero attached hydrogens (tertiary/aromatic N) is 1. The maximum atomic E-state index is 12.9. The standard InChI is InChI=1S/C21H16F3N3O4S/c22-21(23,24)14-3-1-2-12(6-14)7-15-9-26-20(32-15)27-18(28)10-25-19(29)13-4-5-16-17(8-13)31-11-30-16/h1-6,8-9H,7,10-11H2,(H,25,29)(H,26,27,28). The molecule has 0 aliphatic carbocycles. The number of benzene rings is 2. The van der Waals surface area contributed by atoms with Crippen LogP contribution in [0.2, 0.25) is 0 Å². The summed E-state index contributed by atoms with van der Waals surface area (Å²) in [5, 5.41) is 5.35. The van der Waals surface area contributed by atoms with E-state index in [1.165, 1.54) is 18.3 Å². The van der Waals surface area contributed by atoms with Crippen LogP contribution >= 0.6 is 11.3 Å². The van der Waals surface area contributed by atoms with Crippen LogP contribution in [0.3, 0.4) is 0 Å². The highest BCUT2D eigenvalue weighted by atomic mass is 32.1. The largest absolute Gasteiger partial charge is 0.454 e. The van der Waals surface area contributed by atoms with Gasteiger partial charge in [-0.3, -0.25) is 9.59 Å². The fourth-order valence-corrected chi connectivity index (χ4v) is 3.83. The van der Waals surface area contributed by atoms with Crippen LogP contribution in [-0.4, -0.2) is 30.1 Å². The summed E-state index contributed by atoms with van der Waals surface area (Å²) in [5.74, 6) is 0.0593. The van der Waals surface area contributed by atoms with Crippen molar-refractivity contribution in [3.63, 3.8) is 0 Å². The van der Waals surface area contributed by atoms with Gasteiger partial charge in [0.1, 0.15) is 0 Å². The Kier molecular flexibility index (Phi) is 5.99. The molecule has 0 radical (unpaired) electrons. The maximum absolute atomic E-state index is 12.9. The van der Waals surface area contributed by atoms with Crippen molar-refractivity contribution in [2.75, 3.05) is 18.7 Å². The number of carbonyl (C=O) groups excluding carboxylic acids is 2. The first-order valence-electron chi connectivity index (χ1n) is 9.36. The lowest BCUT2D eigenvalue weighted by molar-refractivity contribution is -0.137. The van der Waals surface area contributed by atoms with Gasteiger partial charge < -0.3 is 20.1 Å². The van der Waals surface area contributed by atoms with E-state index in [2.05, 4.69) is 15.6 Å². The number of nitrogens with one attached hydrogen (secondary N) is 2. The summed E-state index contributed by atoms with van der Waals surface area (Å²) >= 11 is 1.15. The lowest BCUT2D eigenvalue weighted by Crippen LogP contribution is -2.32. The van der Waals surface area contributed by atoms with E-state index in [0.29, 0.717) is 27.5 Å². The van der Waals surface area contributed by atoms with Crippen LogP contribution in [0.25, 0.3) is 0 Å². The molecule has 4 rings (SSSR count). The van der Waals surface area contributed by atoms with Crippen LogP contribution in [0.15, 0.2) is 48.7 Å². The average molecular weight is 463 g/mol. The highest BCUT2D eigenvalue weighted by Crippen LogP contribution is 2.32. The van der Waals surface area contributed by atoms with E-state index < -0.39 is 23.6 Å². The molecule has 0 spiro atoms. The monoisotopic (exact) mass is 463 g/mol. The Balaban J connectivity index is 1.30. The number of anilines is 1. The maximum Gasteiger partial charge on any atom is 0.416 e. The molecule has 1 aromatic heterocycles. The molecule has 3 aromatic rings. The summed E-state index contributed by atoms with van der Waals surface area (Å²) in [7, 11) is 0. The summed E-state index contributed by atoms with van der Waals surface area (Å²) < 4.78 is 49.0. The number of amides is 2. The van der Waals surface area contributed by atoms with E-state index in [1.54, 1.807) is 18.2 Å². The number of ether oxygens (including phenoxy) is 2. The predicted octanol–water partition coefficient (Wildman–Crippen LogP) is 3.85. The molecule has 0 unspecified atom stereocenters. The van der Waals surface area contributed by atoms with Crippen molar-refractivity contribution in [3.8, 4) is 11.5 Å². The minimum atomic E-state index is -4.41. The van der Waals surface area contributed by atoms with Crippen LogP contribution in [0.5, 0.6) is 11.5 Å². The number of aromatic nitrogens is 1. The number of thiazole rings is 1. The summed E-state index contributed by atoms with van der Waals surface area (Å²) in [6.45, 7) is -0.192. The van der Waals surface area contributed by atoms with Gasteiger partial charge in [-0.15, -0.1) is 11.3 Å². The number of hydrogen-bond donors (Lipinski definition) is 2.